The van der Waals surface area contributed by atoms with Crippen LogP contribution in [0.25, 0.3) is 0 Å². The van der Waals surface area contributed by atoms with E-state index in [0.29, 0.717) is 0 Å². The highest BCUT2D eigenvalue weighted by molar-refractivity contribution is 5.12. The van der Waals surface area contributed by atoms with Gasteiger partial charge in [0.15, 0.2) is 11.6 Å². The van der Waals surface area contributed by atoms with Crippen LogP contribution in [0.1, 0.15) is 37.1 Å². The molecule has 0 unspecified atom stereocenters. The summed E-state index contributed by atoms with van der Waals surface area (Å²) in [6, 6.07) is 0. The predicted molar refractivity (Wildman–Crippen MR) is 40.3 cm³/mol. The molecule has 0 spiro atoms. The van der Waals surface area contributed by atoms with Crippen molar-refractivity contribution in [2.24, 2.45) is 0 Å². The van der Waals surface area contributed by atoms with Gasteiger partial charge in [0, 0.05) is 5.92 Å². The van der Waals surface area contributed by atoms with Crippen LogP contribution in [-0.2, 0) is 6.18 Å². The maximum atomic E-state index is 12.2. The van der Waals surface area contributed by atoms with E-state index in [0.717, 1.165) is 0 Å². The van der Waals surface area contributed by atoms with E-state index in [1.807, 2.05) is 0 Å². The van der Waals surface area contributed by atoms with Gasteiger partial charge in [-0.25, -0.2) is 4.98 Å². The van der Waals surface area contributed by atoms with Gasteiger partial charge in [-0.2, -0.15) is 13.2 Å². The summed E-state index contributed by atoms with van der Waals surface area (Å²) in [6.45, 7) is 4.72. The minimum Gasteiger partial charge on any atom is -0.445 e. The van der Waals surface area contributed by atoms with Crippen molar-refractivity contribution in [3.05, 3.63) is 17.3 Å². The van der Waals surface area contributed by atoms with E-state index >= 15 is 0 Å². The lowest BCUT2D eigenvalue weighted by atomic mass is 10.2. The largest absolute Gasteiger partial charge is 0.445 e. The van der Waals surface area contributed by atoms with E-state index < -0.39 is 11.9 Å². The maximum Gasteiger partial charge on any atom is 0.436 e. The third-order valence-corrected chi connectivity index (χ3v) is 1.58. The average Bonchev–Trinajstić information content (AvgIpc) is 2.29. The van der Waals surface area contributed by atoms with Gasteiger partial charge in [-0.1, -0.05) is 13.8 Å². The summed E-state index contributed by atoms with van der Waals surface area (Å²) in [4.78, 5) is 3.39. The summed E-state index contributed by atoms with van der Waals surface area (Å²) >= 11 is 0. The molecule has 0 saturated carbocycles. The highest BCUT2D eigenvalue weighted by atomic mass is 19.4. The number of oxazole rings is 1. The van der Waals surface area contributed by atoms with Crippen molar-refractivity contribution in [2.45, 2.75) is 32.9 Å². The Bertz CT molecular complexity index is 301. The Morgan fingerprint density at radius 1 is 1.31 bits per heavy atom. The van der Waals surface area contributed by atoms with E-state index in [1.165, 1.54) is 6.92 Å². The fourth-order valence-electron chi connectivity index (χ4n) is 0.927. The van der Waals surface area contributed by atoms with E-state index in [2.05, 4.69) is 4.98 Å². The first-order valence-corrected chi connectivity index (χ1v) is 3.87. The summed E-state index contributed by atoms with van der Waals surface area (Å²) in [5.74, 6) is -0.171. The van der Waals surface area contributed by atoms with Crippen LogP contribution in [0, 0.1) is 6.92 Å². The van der Waals surface area contributed by atoms with Crippen molar-refractivity contribution in [2.75, 3.05) is 0 Å². The molecule has 0 aliphatic carbocycles. The van der Waals surface area contributed by atoms with Gasteiger partial charge in [0.2, 0.25) is 0 Å². The van der Waals surface area contributed by atoms with Crippen molar-refractivity contribution in [3.63, 3.8) is 0 Å². The van der Waals surface area contributed by atoms with Crippen LogP contribution in [0.4, 0.5) is 13.2 Å². The van der Waals surface area contributed by atoms with Crippen molar-refractivity contribution in [3.8, 4) is 0 Å². The number of hydrogen-bond acceptors (Lipinski definition) is 2. The van der Waals surface area contributed by atoms with Crippen molar-refractivity contribution < 1.29 is 17.6 Å². The first-order chi connectivity index (χ1) is 5.82. The Balaban J connectivity index is 3.11. The van der Waals surface area contributed by atoms with Gasteiger partial charge in [0.1, 0.15) is 5.76 Å². The number of halogens is 3. The molecule has 0 aliphatic heterocycles. The second kappa shape index (κ2) is 3.05. The minimum absolute atomic E-state index is 0.129. The highest BCUT2D eigenvalue weighted by Crippen LogP contribution is 2.32. The lowest BCUT2D eigenvalue weighted by Crippen LogP contribution is -2.07. The molecule has 0 saturated heterocycles. The summed E-state index contributed by atoms with van der Waals surface area (Å²) in [5, 5.41) is 0. The molecular weight excluding hydrogens is 183 g/mol. The quantitative estimate of drug-likeness (QED) is 0.684. The molecule has 0 aromatic carbocycles. The van der Waals surface area contributed by atoms with E-state index in [4.69, 9.17) is 4.42 Å². The van der Waals surface area contributed by atoms with Crippen LogP contribution in [0.3, 0.4) is 0 Å². The smallest absolute Gasteiger partial charge is 0.436 e. The van der Waals surface area contributed by atoms with Gasteiger partial charge >= 0.3 is 6.18 Å². The van der Waals surface area contributed by atoms with Gasteiger partial charge in [0.25, 0.3) is 0 Å². The summed E-state index contributed by atoms with van der Waals surface area (Å²) in [5.41, 5.74) is -0.920. The van der Waals surface area contributed by atoms with Crippen molar-refractivity contribution >= 4 is 0 Å². The number of aromatic nitrogens is 1. The molecule has 0 aliphatic rings. The van der Waals surface area contributed by atoms with Crippen molar-refractivity contribution in [1.29, 1.82) is 0 Å². The normalized spacial score (nSPS) is 12.5. The zero-order valence-corrected chi connectivity index (χ0v) is 7.57. The molecule has 0 amide bonds. The van der Waals surface area contributed by atoms with Crippen LogP contribution in [-0.4, -0.2) is 4.98 Å². The average molecular weight is 193 g/mol. The zero-order valence-electron chi connectivity index (χ0n) is 7.57. The van der Waals surface area contributed by atoms with Gasteiger partial charge in [-0.15, -0.1) is 0 Å². The van der Waals surface area contributed by atoms with E-state index in [1.54, 1.807) is 13.8 Å². The topological polar surface area (TPSA) is 26.0 Å². The molecule has 1 aromatic heterocycles. The molecule has 0 N–H and O–H groups in total. The second-order valence-electron chi connectivity index (χ2n) is 3.11. The van der Waals surface area contributed by atoms with Crippen LogP contribution in [0.2, 0.25) is 0 Å². The summed E-state index contributed by atoms with van der Waals surface area (Å²) in [7, 11) is 0. The van der Waals surface area contributed by atoms with Gasteiger partial charge in [-0.3, -0.25) is 0 Å². The molecule has 74 valence electrons. The van der Waals surface area contributed by atoms with Gasteiger partial charge < -0.3 is 4.42 Å². The molecule has 1 rings (SSSR count). The minimum atomic E-state index is -4.42. The maximum absolute atomic E-state index is 12.2. The number of rotatable bonds is 1. The van der Waals surface area contributed by atoms with Crippen LogP contribution in [0.5, 0.6) is 0 Å². The third kappa shape index (κ3) is 2.02. The van der Waals surface area contributed by atoms with Crippen LogP contribution in [0.15, 0.2) is 4.42 Å². The standard InChI is InChI=1S/C8H10F3NO/c1-4(2)7-12-6(5(3)13-7)8(9,10)11/h4H,1-3H3. The molecule has 0 fully saturated rings. The SMILES string of the molecule is Cc1oc(C(C)C)nc1C(F)(F)F. The molecule has 0 radical (unpaired) electrons. The monoisotopic (exact) mass is 193 g/mol. The fourth-order valence-corrected chi connectivity index (χ4v) is 0.927. The number of nitrogens with zero attached hydrogens (tertiary/aromatic N) is 1. The summed E-state index contributed by atoms with van der Waals surface area (Å²) in [6.07, 6.45) is -4.42. The Morgan fingerprint density at radius 3 is 2.08 bits per heavy atom. The predicted octanol–water partition coefficient (Wildman–Crippen LogP) is 3.13. The summed E-state index contributed by atoms with van der Waals surface area (Å²) < 4.78 is 41.5. The lowest BCUT2D eigenvalue weighted by Gasteiger charge is -2.00. The number of hydrogen-bond donors (Lipinski definition) is 0. The molecule has 0 bridgehead atoms. The first-order valence-electron chi connectivity index (χ1n) is 3.87. The van der Waals surface area contributed by atoms with E-state index in [-0.39, 0.29) is 17.6 Å². The molecule has 13 heavy (non-hydrogen) atoms. The van der Waals surface area contributed by atoms with Crippen LogP contribution < -0.4 is 0 Å². The molecule has 2 nitrogen and oxygen atoms in total. The number of alkyl halides is 3. The third-order valence-electron chi connectivity index (χ3n) is 1.58. The van der Waals surface area contributed by atoms with Crippen LogP contribution >= 0.6 is 0 Å². The molecule has 1 heterocycles. The Morgan fingerprint density at radius 2 is 1.85 bits per heavy atom. The van der Waals surface area contributed by atoms with Crippen molar-refractivity contribution in [1.82, 2.24) is 4.98 Å². The fraction of sp³-hybridized carbons (Fsp3) is 0.625. The lowest BCUT2D eigenvalue weighted by molar-refractivity contribution is -0.141. The second-order valence-corrected chi connectivity index (χ2v) is 3.11. The zero-order chi connectivity index (χ0) is 10.2. The number of aryl methyl sites for hydroxylation is 1. The van der Waals surface area contributed by atoms with Gasteiger partial charge in [-0.05, 0) is 6.92 Å². The Hall–Kier alpha value is -1.00. The van der Waals surface area contributed by atoms with Gasteiger partial charge in [0.05, 0.1) is 0 Å². The highest BCUT2D eigenvalue weighted by Gasteiger charge is 2.37. The first kappa shape index (κ1) is 10.1. The molecular formula is C8H10F3NO. The molecule has 0 atom stereocenters. The Labute approximate surface area is 73.8 Å². The van der Waals surface area contributed by atoms with E-state index in [9.17, 15) is 13.2 Å². The molecule has 1 aromatic rings. The Kier molecular flexibility index (Phi) is 2.36. The molecule has 5 heteroatoms.